The summed E-state index contributed by atoms with van der Waals surface area (Å²) >= 11 is 0. The third kappa shape index (κ3) is 2.16. The zero-order chi connectivity index (χ0) is 10.8. The number of carboxylic acids is 1. The molecule has 2 saturated heterocycles. The Balaban J connectivity index is 2.06. The molecule has 2 fully saturated rings. The molecule has 2 aliphatic rings. The second kappa shape index (κ2) is 4.49. The van der Waals surface area contributed by atoms with E-state index in [1.807, 2.05) is 6.92 Å². The maximum Gasteiger partial charge on any atom is 0.320 e. The van der Waals surface area contributed by atoms with Crippen molar-refractivity contribution in [3.05, 3.63) is 0 Å². The molecule has 4 nitrogen and oxygen atoms in total. The second-order valence-corrected chi connectivity index (χ2v) is 4.52. The first-order valence-corrected chi connectivity index (χ1v) is 5.80. The van der Waals surface area contributed by atoms with Gasteiger partial charge in [0.2, 0.25) is 0 Å². The van der Waals surface area contributed by atoms with Crippen molar-refractivity contribution in [3.8, 4) is 0 Å². The molecule has 1 N–H and O–H groups in total. The number of hydrogen-bond acceptors (Lipinski definition) is 3. The first-order valence-electron chi connectivity index (χ1n) is 5.80. The molecule has 3 atom stereocenters. The molecule has 0 saturated carbocycles. The van der Waals surface area contributed by atoms with Crippen LogP contribution < -0.4 is 0 Å². The van der Waals surface area contributed by atoms with E-state index in [1.165, 1.54) is 0 Å². The number of carbonyl (C=O) groups is 1. The van der Waals surface area contributed by atoms with Crippen LogP contribution in [0.15, 0.2) is 0 Å². The Labute approximate surface area is 90.2 Å². The van der Waals surface area contributed by atoms with Crippen molar-refractivity contribution in [2.24, 2.45) is 0 Å². The predicted molar refractivity (Wildman–Crippen MR) is 55.8 cm³/mol. The van der Waals surface area contributed by atoms with Gasteiger partial charge in [0.05, 0.1) is 6.10 Å². The highest BCUT2D eigenvalue weighted by Crippen LogP contribution is 2.27. The summed E-state index contributed by atoms with van der Waals surface area (Å²) in [5.74, 6) is -0.672. The van der Waals surface area contributed by atoms with E-state index in [2.05, 4.69) is 4.90 Å². The van der Waals surface area contributed by atoms with Crippen LogP contribution in [0.4, 0.5) is 0 Å². The Hall–Kier alpha value is -0.610. The van der Waals surface area contributed by atoms with Crippen LogP contribution >= 0.6 is 0 Å². The molecule has 15 heavy (non-hydrogen) atoms. The summed E-state index contributed by atoms with van der Waals surface area (Å²) in [6, 6.07) is 0.0271. The first-order chi connectivity index (χ1) is 7.20. The average Bonchev–Trinajstić information content (AvgIpc) is 2.64. The Bertz CT molecular complexity index is 244. The number of hydrogen-bond donors (Lipinski definition) is 1. The first kappa shape index (κ1) is 10.9. The van der Waals surface area contributed by atoms with Crippen LogP contribution in [-0.4, -0.2) is 47.3 Å². The van der Waals surface area contributed by atoms with Crippen LogP contribution in [-0.2, 0) is 9.53 Å². The molecule has 3 unspecified atom stereocenters. The number of likely N-dealkylation sites (tertiary alicyclic amines) is 1. The van der Waals surface area contributed by atoms with Gasteiger partial charge in [-0.1, -0.05) is 6.42 Å². The van der Waals surface area contributed by atoms with Crippen molar-refractivity contribution < 1.29 is 14.6 Å². The van der Waals surface area contributed by atoms with Gasteiger partial charge in [-0.15, -0.1) is 0 Å². The highest BCUT2D eigenvalue weighted by molar-refractivity contribution is 5.73. The number of nitrogens with zero attached hydrogens (tertiary/aromatic N) is 1. The fourth-order valence-corrected chi connectivity index (χ4v) is 2.77. The van der Waals surface area contributed by atoms with Gasteiger partial charge in [-0.2, -0.15) is 0 Å². The van der Waals surface area contributed by atoms with Gasteiger partial charge in [-0.05, 0) is 32.7 Å². The van der Waals surface area contributed by atoms with E-state index in [0.29, 0.717) is 6.04 Å². The fourth-order valence-electron chi connectivity index (χ4n) is 2.77. The quantitative estimate of drug-likeness (QED) is 0.746. The lowest BCUT2D eigenvalue weighted by molar-refractivity contribution is -0.146. The SMILES string of the molecule is CC1OCCC1N1CCCCC1C(=O)O. The summed E-state index contributed by atoms with van der Waals surface area (Å²) < 4.78 is 5.51. The third-order valence-corrected chi connectivity index (χ3v) is 3.59. The molecule has 2 rings (SSSR count). The molecule has 0 aromatic heterocycles. The minimum atomic E-state index is -0.672. The normalized spacial score (nSPS) is 38.1. The van der Waals surface area contributed by atoms with Gasteiger partial charge < -0.3 is 9.84 Å². The van der Waals surface area contributed by atoms with E-state index in [0.717, 1.165) is 38.8 Å². The Morgan fingerprint density at radius 1 is 1.40 bits per heavy atom. The zero-order valence-electron chi connectivity index (χ0n) is 9.19. The smallest absolute Gasteiger partial charge is 0.320 e. The van der Waals surface area contributed by atoms with Crippen molar-refractivity contribution >= 4 is 5.97 Å². The fraction of sp³-hybridized carbons (Fsp3) is 0.909. The highest BCUT2D eigenvalue weighted by Gasteiger charge is 2.38. The summed E-state index contributed by atoms with van der Waals surface area (Å²) in [5, 5.41) is 9.17. The molecule has 86 valence electrons. The Kier molecular flexibility index (Phi) is 3.26. The van der Waals surface area contributed by atoms with Crippen LogP contribution in [0.3, 0.4) is 0 Å². The van der Waals surface area contributed by atoms with Gasteiger partial charge in [0.25, 0.3) is 0 Å². The molecule has 2 heterocycles. The van der Waals surface area contributed by atoms with Gasteiger partial charge in [0.1, 0.15) is 6.04 Å². The van der Waals surface area contributed by atoms with Crippen LogP contribution in [0, 0.1) is 0 Å². The minimum Gasteiger partial charge on any atom is -0.480 e. The molecule has 0 aromatic carbocycles. The van der Waals surface area contributed by atoms with E-state index in [9.17, 15) is 9.90 Å². The maximum absolute atomic E-state index is 11.1. The summed E-state index contributed by atoms with van der Waals surface area (Å²) in [7, 11) is 0. The lowest BCUT2D eigenvalue weighted by Crippen LogP contribution is -2.52. The average molecular weight is 213 g/mol. The summed E-state index contributed by atoms with van der Waals surface area (Å²) in [4.78, 5) is 13.3. The van der Waals surface area contributed by atoms with Gasteiger partial charge in [0.15, 0.2) is 0 Å². The largest absolute Gasteiger partial charge is 0.480 e. The monoisotopic (exact) mass is 213 g/mol. The van der Waals surface area contributed by atoms with E-state index >= 15 is 0 Å². The zero-order valence-corrected chi connectivity index (χ0v) is 9.19. The molecule has 0 spiro atoms. The molecule has 2 aliphatic heterocycles. The van der Waals surface area contributed by atoms with Crippen molar-refractivity contribution in [2.45, 2.75) is 50.8 Å². The van der Waals surface area contributed by atoms with Crippen LogP contribution in [0.1, 0.15) is 32.6 Å². The summed E-state index contributed by atoms with van der Waals surface area (Å²) in [6.45, 7) is 3.73. The van der Waals surface area contributed by atoms with Crippen LogP contribution in [0.2, 0.25) is 0 Å². The summed E-state index contributed by atoms with van der Waals surface area (Å²) in [6.07, 6.45) is 4.11. The molecular formula is C11H19NO3. The summed E-state index contributed by atoms with van der Waals surface area (Å²) in [5.41, 5.74) is 0. The van der Waals surface area contributed by atoms with Crippen molar-refractivity contribution in [1.82, 2.24) is 4.90 Å². The number of ether oxygens (including phenoxy) is 1. The molecule has 4 heteroatoms. The van der Waals surface area contributed by atoms with Gasteiger partial charge in [-0.3, -0.25) is 9.69 Å². The molecular weight excluding hydrogens is 194 g/mol. The Morgan fingerprint density at radius 3 is 2.80 bits per heavy atom. The van der Waals surface area contributed by atoms with Crippen molar-refractivity contribution in [3.63, 3.8) is 0 Å². The number of rotatable bonds is 2. The molecule has 0 bridgehead atoms. The van der Waals surface area contributed by atoms with Crippen molar-refractivity contribution in [2.75, 3.05) is 13.2 Å². The lowest BCUT2D eigenvalue weighted by Gasteiger charge is -2.38. The number of piperidine rings is 1. The standard InChI is InChI=1S/C11H19NO3/c1-8-9(5-7-15-8)12-6-3-2-4-10(12)11(13)14/h8-10H,2-7H2,1H3,(H,13,14). The van der Waals surface area contributed by atoms with E-state index in [4.69, 9.17) is 4.74 Å². The Morgan fingerprint density at radius 2 is 2.20 bits per heavy atom. The molecule has 0 radical (unpaired) electrons. The van der Waals surface area contributed by atoms with E-state index in [-0.39, 0.29) is 12.1 Å². The number of aliphatic carboxylic acids is 1. The highest BCUT2D eigenvalue weighted by atomic mass is 16.5. The van der Waals surface area contributed by atoms with E-state index < -0.39 is 5.97 Å². The predicted octanol–water partition coefficient (Wildman–Crippen LogP) is 1.10. The lowest BCUT2D eigenvalue weighted by atomic mass is 9.97. The minimum absolute atomic E-state index is 0.185. The second-order valence-electron chi connectivity index (χ2n) is 4.52. The maximum atomic E-state index is 11.1. The molecule has 0 aliphatic carbocycles. The van der Waals surface area contributed by atoms with Gasteiger partial charge >= 0.3 is 5.97 Å². The van der Waals surface area contributed by atoms with Gasteiger partial charge in [0, 0.05) is 12.6 Å². The van der Waals surface area contributed by atoms with Crippen LogP contribution in [0.25, 0.3) is 0 Å². The van der Waals surface area contributed by atoms with Gasteiger partial charge in [-0.25, -0.2) is 0 Å². The molecule has 0 amide bonds. The number of carboxylic acid groups (broad SMARTS) is 1. The van der Waals surface area contributed by atoms with E-state index in [1.54, 1.807) is 0 Å². The van der Waals surface area contributed by atoms with Crippen LogP contribution in [0.5, 0.6) is 0 Å². The van der Waals surface area contributed by atoms with Crippen molar-refractivity contribution in [1.29, 1.82) is 0 Å². The molecule has 0 aromatic rings. The topological polar surface area (TPSA) is 49.8 Å². The third-order valence-electron chi connectivity index (χ3n) is 3.59.